The molecule has 1 atom stereocenters. The first kappa shape index (κ1) is 21.1. The number of aliphatic hydroxyl groups excluding tert-OH is 1. The molecule has 1 aromatic carbocycles. The zero-order valence-corrected chi connectivity index (χ0v) is 16.7. The minimum Gasteiger partial charge on any atom is -0.387 e. The fraction of sp³-hybridized carbons (Fsp3) is 0.389. The summed E-state index contributed by atoms with van der Waals surface area (Å²) in [7, 11) is -1.62. The minimum absolute atomic E-state index is 0.0484. The number of nitrogens with zero attached hydrogens (tertiary/aromatic N) is 4. The van der Waals surface area contributed by atoms with Crippen molar-refractivity contribution in [1.29, 1.82) is 0 Å². The molecule has 0 spiro atoms. The van der Waals surface area contributed by atoms with Gasteiger partial charge in [-0.15, -0.1) is 0 Å². The summed E-state index contributed by atoms with van der Waals surface area (Å²) >= 11 is 0. The molecular weight excluding hydrogens is 398 g/mol. The molecule has 1 fully saturated rings. The highest BCUT2D eigenvalue weighted by molar-refractivity contribution is 7.89. The van der Waals surface area contributed by atoms with Gasteiger partial charge < -0.3 is 15.3 Å². The van der Waals surface area contributed by atoms with E-state index in [1.807, 2.05) is 7.05 Å². The van der Waals surface area contributed by atoms with Crippen LogP contribution in [-0.2, 0) is 10.0 Å². The van der Waals surface area contributed by atoms with E-state index in [1.54, 1.807) is 6.07 Å². The van der Waals surface area contributed by atoms with Crippen LogP contribution in [0.2, 0.25) is 0 Å². The molecule has 156 valence electrons. The molecule has 1 saturated heterocycles. The summed E-state index contributed by atoms with van der Waals surface area (Å²) in [6.07, 6.45) is 0.403. The number of hydrogen-bond acceptors (Lipinski definition) is 8. The van der Waals surface area contributed by atoms with Crippen LogP contribution in [0.15, 0.2) is 47.5 Å². The highest BCUT2D eigenvalue weighted by atomic mass is 32.2. The Morgan fingerprint density at radius 1 is 1.17 bits per heavy atom. The Morgan fingerprint density at radius 3 is 2.38 bits per heavy atom. The van der Waals surface area contributed by atoms with Gasteiger partial charge in [0.1, 0.15) is 10.7 Å². The summed E-state index contributed by atoms with van der Waals surface area (Å²) in [5.41, 5.74) is 0.477. The van der Waals surface area contributed by atoms with E-state index in [0.29, 0.717) is 37.6 Å². The van der Waals surface area contributed by atoms with Crippen LogP contribution in [0.5, 0.6) is 0 Å². The Balaban J connectivity index is 1.59. The van der Waals surface area contributed by atoms with E-state index in [9.17, 15) is 23.6 Å². The lowest BCUT2D eigenvalue weighted by Gasteiger charge is -2.31. The number of nitro groups is 1. The maximum atomic E-state index is 12.7. The number of aromatic nitrogens is 1. The Morgan fingerprint density at radius 2 is 1.83 bits per heavy atom. The monoisotopic (exact) mass is 421 g/mol. The van der Waals surface area contributed by atoms with Gasteiger partial charge in [0.2, 0.25) is 10.0 Å². The van der Waals surface area contributed by atoms with Crippen molar-refractivity contribution < 1.29 is 18.4 Å². The second kappa shape index (κ2) is 8.82. The van der Waals surface area contributed by atoms with Gasteiger partial charge in [-0.3, -0.25) is 10.1 Å². The summed E-state index contributed by atoms with van der Waals surface area (Å²) in [5, 5.41) is 23.8. The van der Waals surface area contributed by atoms with Gasteiger partial charge in [0.05, 0.1) is 11.0 Å². The van der Waals surface area contributed by atoms with Crippen LogP contribution in [-0.4, -0.2) is 72.4 Å². The number of pyridine rings is 1. The van der Waals surface area contributed by atoms with E-state index in [-0.39, 0.29) is 17.1 Å². The second-order valence-electron chi connectivity index (χ2n) is 6.83. The third-order valence-corrected chi connectivity index (χ3v) is 6.68. The van der Waals surface area contributed by atoms with Gasteiger partial charge >= 0.3 is 0 Å². The first-order valence-corrected chi connectivity index (χ1v) is 10.5. The van der Waals surface area contributed by atoms with E-state index >= 15 is 0 Å². The summed E-state index contributed by atoms with van der Waals surface area (Å²) in [6, 6.07) is 8.67. The van der Waals surface area contributed by atoms with E-state index < -0.39 is 21.1 Å². The smallest absolute Gasteiger partial charge is 0.269 e. The number of sulfonamides is 1. The van der Waals surface area contributed by atoms with Crippen molar-refractivity contribution in [1.82, 2.24) is 14.2 Å². The second-order valence-corrected chi connectivity index (χ2v) is 8.77. The van der Waals surface area contributed by atoms with Gasteiger partial charge in [-0.2, -0.15) is 4.31 Å². The molecule has 1 aliphatic rings. The first-order valence-electron chi connectivity index (χ1n) is 9.08. The molecule has 29 heavy (non-hydrogen) atoms. The molecule has 1 unspecified atom stereocenters. The van der Waals surface area contributed by atoms with Gasteiger partial charge in [0.25, 0.3) is 5.69 Å². The SMILES string of the molecule is CN1CCN(S(=O)(=O)c2ccc(NCC(O)c3ccc([N+](=O)[O-])cc3)nc2)CC1. The maximum absolute atomic E-state index is 12.7. The Hall–Kier alpha value is -2.60. The van der Waals surface area contributed by atoms with E-state index in [0.717, 1.165) is 0 Å². The molecule has 10 nitrogen and oxygen atoms in total. The highest BCUT2D eigenvalue weighted by Gasteiger charge is 2.27. The molecule has 1 aromatic heterocycles. The molecule has 0 aliphatic carbocycles. The third kappa shape index (κ3) is 5.07. The van der Waals surface area contributed by atoms with Gasteiger partial charge in [-0.25, -0.2) is 13.4 Å². The maximum Gasteiger partial charge on any atom is 0.269 e. The lowest BCUT2D eigenvalue weighted by Crippen LogP contribution is -2.47. The van der Waals surface area contributed by atoms with Crippen molar-refractivity contribution in [2.45, 2.75) is 11.0 Å². The molecule has 3 rings (SSSR count). The Bertz CT molecular complexity index is 942. The molecule has 2 aromatic rings. The van der Waals surface area contributed by atoms with Crippen LogP contribution in [0.3, 0.4) is 0 Å². The average Bonchev–Trinajstić information content (AvgIpc) is 2.72. The van der Waals surface area contributed by atoms with Gasteiger partial charge in [0.15, 0.2) is 0 Å². The third-order valence-electron chi connectivity index (χ3n) is 4.80. The lowest BCUT2D eigenvalue weighted by molar-refractivity contribution is -0.384. The quantitative estimate of drug-likeness (QED) is 0.502. The number of non-ortho nitro benzene ring substituents is 1. The molecule has 11 heteroatoms. The van der Waals surface area contributed by atoms with Crippen molar-refractivity contribution in [2.75, 3.05) is 45.1 Å². The number of hydrogen-bond donors (Lipinski definition) is 2. The van der Waals surface area contributed by atoms with E-state index in [4.69, 9.17) is 0 Å². The fourth-order valence-electron chi connectivity index (χ4n) is 2.95. The largest absolute Gasteiger partial charge is 0.387 e. The Kier molecular flexibility index (Phi) is 6.42. The molecular formula is C18H23N5O5S. The predicted molar refractivity (Wildman–Crippen MR) is 107 cm³/mol. The number of anilines is 1. The molecule has 0 radical (unpaired) electrons. The molecule has 2 N–H and O–H groups in total. The number of piperazine rings is 1. The number of nitrogens with one attached hydrogen (secondary N) is 1. The normalized spacial score (nSPS) is 17.0. The van der Waals surface area contributed by atoms with Gasteiger partial charge in [-0.1, -0.05) is 0 Å². The number of nitro benzene ring substituents is 1. The van der Waals surface area contributed by atoms with Crippen molar-refractivity contribution in [3.63, 3.8) is 0 Å². The van der Waals surface area contributed by atoms with E-state index in [2.05, 4.69) is 15.2 Å². The fourth-order valence-corrected chi connectivity index (χ4v) is 4.32. The van der Waals surface area contributed by atoms with Crippen molar-refractivity contribution in [3.05, 3.63) is 58.3 Å². The van der Waals surface area contributed by atoms with Crippen molar-refractivity contribution in [3.8, 4) is 0 Å². The van der Waals surface area contributed by atoms with Crippen LogP contribution < -0.4 is 5.32 Å². The number of rotatable bonds is 7. The minimum atomic E-state index is -3.58. The van der Waals surface area contributed by atoms with Crippen LogP contribution in [0.1, 0.15) is 11.7 Å². The standard InChI is InChI=1S/C18H23N5O5S/c1-21-8-10-22(11-9-21)29(27,28)16-6-7-18(19-12-16)20-13-17(24)14-2-4-15(5-3-14)23(25)26/h2-7,12,17,24H,8-11,13H2,1H3,(H,19,20). The number of likely N-dealkylation sites (N-methyl/N-ethyl adjacent to an activating group) is 1. The zero-order valence-electron chi connectivity index (χ0n) is 15.9. The molecule has 0 amide bonds. The van der Waals surface area contributed by atoms with Crippen LogP contribution >= 0.6 is 0 Å². The summed E-state index contributed by atoms with van der Waals surface area (Å²) in [5.74, 6) is 0.420. The average molecular weight is 421 g/mol. The highest BCUT2D eigenvalue weighted by Crippen LogP contribution is 2.20. The molecule has 0 bridgehead atoms. The topological polar surface area (TPSA) is 129 Å². The summed E-state index contributed by atoms with van der Waals surface area (Å²) < 4.78 is 26.8. The van der Waals surface area contributed by atoms with Gasteiger partial charge in [-0.05, 0) is 36.9 Å². The lowest BCUT2D eigenvalue weighted by atomic mass is 10.1. The van der Waals surface area contributed by atoms with Crippen molar-refractivity contribution in [2.24, 2.45) is 0 Å². The molecule has 2 heterocycles. The van der Waals surface area contributed by atoms with Crippen molar-refractivity contribution >= 4 is 21.5 Å². The van der Waals surface area contributed by atoms with Crippen LogP contribution in [0, 0.1) is 10.1 Å². The van der Waals surface area contributed by atoms with Crippen LogP contribution in [0.25, 0.3) is 0 Å². The van der Waals surface area contributed by atoms with Gasteiger partial charge in [0, 0.05) is 51.1 Å². The first-order chi connectivity index (χ1) is 13.8. The van der Waals surface area contributed by atoms with Crippen LogP contribution in [0.4, 0.5) is 11.5 Å². The zero-order chi connectivity index (χ0) is 21.0. The summed E-state index contributed by atoms with van der Waals surface area (Å²) in [6.45, 7) is 2.38. The molecule has 0 saturated carbocycles. The number of benzene rings is 1. The predicted octanol–water partition coefficient (Wildman–Crippen LogP) is 1.07. The Labute approximate surface area is 169 Å². The molecule has 1 aliphatic heterocycles. The number of aliphatic hydroxyl groups is 1. The summed E-state index contributed by atoms with van der Waals surface area (Å²) in [4.78, 5) is 16.5. The van der Waals surface area contributed by atoms with E-state index in [1.165, 1.54) is 40.8 Å².